The molecule has 8 nitrogen and oxygen atoms in total. The number of phenolic OH excluding ortho intramolecular Hbond substituents is 1. The number of unbranched alkanes of at least 4 members (excludes halogenated alkanes) is 2. The summed E-state index contributed by atoms with van der Waals surface area (Å²) in [5, 5.41) is 16.1. The first kappa shape index (κ1) is 28.8. The number of carbonyl (C=O) groups is 3. The van der Waals surface area contributed by atoms with Crippen LogP contribution in [0.25, 0.3) is 0 Å². The number of rotatable bonds is 10. The number of para-hydroxylation sites is 1. The Kier molecular flexibility index (Phi) is 10.9. The van der Waals surface area contributed by atoms with Crippen molar-refractivity contribution >= 4 is 17.9 Å². The average Bonchev–Trinajstić information content (AvgIpc) is 2.73. The van der Waals surface area contributed by atoms with Gasteiger partial charge in [0.1, 0.15) is 17.4 Å². The van der Waals surface area contributed by atoms with Crippen molar-refractivity contribution in [1.82, 2.24) is 15.5 Å². The molecule has 0 saturated carbocycles. The molecule has 0 radical (unpaired) electrons. The lowest BCUT2D eigenvalue weighted by atomic mass is 9.97. The molecule has 34 heavy (non-hydrogen) atoms. The van der Waals surface area contributed by atoms with Crippen molar-refractivity contribution in [3.63, 3.8) is 0 Å². The molecule has 1 aromatic rings. The van der Waals surface area contributed by atoms with Gasteiger partial charge in [-0.05, 0) is 45.6 Å². The second-order valence-electron chi connectivity index (χ2n) is 9.62. The van der Waals surface area contributed by atoms with Gasteiger partial charge >= 0.3 is 6.09 Å². The molecule has 2 unspecified atom stereocenters. The Balaban J connectivity index is 3.36. The zero-order chi connectivity index (χ0) is 26.1. The SMILES string of the molecule is C#CN(C(=O)C(NC(=O)OC(C)(C)C)C(C)C)C(C(=O)NCCCCC)c1cccc(C)c1O. The number of amides is 3. The molecule has 0 aliphatic heterocycles. The zero-order valence-electron chi connectivity index (χ0n) is 21.4. The Labute approximate surface area is 203 Å². The summed E-state index contributed by atoms with van der Waals surface area (Å²) in [6, 6.07) is 4.91. The standard InChI is InChI=1S/C26H39N3O5/c1-9-11-12-16-27-23(31)21(19-15-13-14-18(5)22(19)30)29(10-2)24(32)20(17(3)4)28-25(33)34-26(6,7)8/h2,13-15,17,20-21,30H,9,11-12,16H2,1,3-8H3,(H,27,31)(H,28,33). The fraction of sp³-hybridized carbons (Fsp3) is 0.577. The highest BCUT2D eigenvalue weighted by Gasteiger charge is 2.38. The third-order valence-corrected chi connectivity index (χ3v) is 5.13. The number of benzene rings is 1. The third kappa shape index (κ3) is 8.29. The summed E-state index contributed by atoms with van der Waals surface area (Å²) in [6.45, 7) is 12.8. The van der Waals surface area contributed by atoms with E-state index in [1.54, 1.807) is 59.7 Å². The van der Waals surface area contributed by atoms with E-state index in [-0.39, 0.29) is 17.2 Å². The number of aromatic hydroxyl groups is 1. The van der Waals surface area contributed by atoms with Crippen LogP contribution in [0.1, 0.15) is 78.0 Å². The minimum Gasteiger partial charge on any atom is -0.507 e. The topological polar surface area (TPSA) is 108 Å². The molecule has 2 atom stereocenters. The molecule has 0 aliphatic rings. The van der Waals surface area contributed by atoms with E-state index in [9.17, 15) is 19.5 Å². The lowest BCUT2D eigenvalue weighted by Gasteiger charge is -2.32. The van der Waals surface area contributed by atoms with Crippen LogP contribution in [0, 0.1) is 25.3 Å². The van der Waals surface area contributed by atoms with Gasteiger partial charge in [0.15, 0.2) is 6.04 Å². The molecule has 0 aromatic heterocycles. The van der Waals surface area contributed by atoms with Crippen LogP contribution in [0.3, 0.4) is 0 Å². The van der Waals surface area contributed by atoms with Gasteiger partial charge in [-0.1, -0.05) is 58.2 Å². The van der Waals surface area contributed by atoms with Crippen LogP contribution in [0.15, 0.2) is 18.2 Å². The van der Waals surface area contributed by atoms with E-state index < -0.39 is 35.6 Å². The van der Waals surface area contributed by atoms with Crippen LogP contribution < -0.4 is 10.6 Å². The molecule has 188 valence electrons. The van der Waals surface area contributed by atoms with Gasteiger partial charge in [-0.2, -0.15) is 0 Å². The fourth-order valence-corrected chi connectivity index (χ4v) is 3.35. The smallest absolute Gasteiger partial charge is 0.408 e. The molecular weight excluding hydrogens is 434 g/mol. The number of ether oxygens (including phenoxy) is 1. The Morgan fingerprint density at radius 1 is 1.21 bits per heavy atom. The minimum atomic E-state index is -1.28. The third-order valence-electron chi connectivity index (χ3n) is 5.13. The molecule has 0 heterocycles. The molecule has 3 N–H and O–H groups in total. The monoisotopic (exact) mass is 473 g/mol. The van der Waals surface area contributed by atoms with Crippen LogP contribution in [0.5, 0.6) is 5.75 Å². The van der Waals surface area contributed by atoms with Crippen LogP contribution >= 0.6 is 0 Å². The molecule has 1 aromatic carbocycles. The lowest BCUT2D eigenvalue weighted by Crippen LogP contribution is -2.53. The summed E-state index contributed by atoms with van der Waals surface area (Å²) in [4.78, 5) is 40.1. The van der Waals surface area contributed by atoms with E-state index in [0.717, 1.165) is 24.2 Å². The highest BCUT2D eigenvalue weighted by atomic mass is 16.6. The number of nitrogens with one attached hydrogen (secondary N) is 2. The maximum Gasteiger partial charge on any atom is 0.408 e. The summed E-state index contributed by atoms with van der Waals surface area (Å²) in [7, 11) is 0. The summed E-state index contributed by atoms with van der Waals surface area (Å²) in [5.74, 6) is -1.64. The second-order valence-corrected chi connectivity index (χ2v) is 9.62. The minimum absolute atomic E-state index is 0.120. The first-order chi connectivity index (χ1) is 15.8. The van der Waals surface area contributed by atoms with Crippen molar-refractivity contribution in [2.75, 3.05) is 6.54 Å². The van der Waals surface area contributed by atoms with E-state index >= 15 is 0 Å². The Hall–Kier alpha value is -3.21. The van der Waals surface area contributed by atoms with Gasteiger partial charge in [-0.15, -0.1) is 0 Å². The fourth-order valence-electron chi connectivity index (χ4n) is 3.35. The zero-order valence-corrected chi connectivity index (χ0v) is 21.4. The van der Waals surface area contributed by atoms with Crippen molar-refractivity contribution in [2.45, 2.75) is 85.4 Å². The average molecular weight is 474 g/mol. The van der Waals surface area contributed by atoms with Crippen LogP contribution in [0.4, 0.5) is 4.79 Å². The van der Waals surface area contributed by atoms with Crippen LogP contribution in [0.2, 0.25) is 0 Å². The van der Waals surface area contributed by atoms with E-state index in [4.69, 9.17) is 11.2 Å². The molecular formula is C26H39N3O5. The van der Waals surface area contributed by atoms with Crippen molar-refractivity contribution in [2.24, 2.45) is 5.92 Å². The van der Waals surface area contributed by atoms with Gasteiger partial charge in [0.2, 0.25) is 5.91 Å². The summed E-state index contributed by atoms with van der Waals surface area (Å²) in [5.41, 5.74) is -0.00795. The van der Waals surface area contributed by atoms with Gasteiger partial charge in [-0.25, -0.2) is 4.79 Å². The number of terminal acetylenes is 1. The predicted octanol–water partition coefficient (Wildman–Crippen LogP) is 4.02. The van der Waals surface area contributed by atoms with Crippen LogP contribution in [-0.4, -0.2) is 46.1 Å². The molecule has 0 spiro atoms. The molecule has 0 saturated heterocycles. The van der Waals surface area contributed by atoms with Gasteiger partial charge in [-0.3, -0.25) is 14.5 Å². The quantitative estimate of drug-likeness (QED) is 0.270. The Bertz CT molecular complexity index is 899. The summed E-state index contributed by atoms with van der Waals surface area (Å²) in [6.07, 6.45) is 7.66. The largest absolute Gasteiger partial charge is 0.507 e. The highest BCUT2D eigenvalue weighted by molar-refractivity contribution is 5.93. The van der Waals surface area contributed by atoms with Gasteiger partial charge in [0.25, 0.3) is 5.91 Å². The maximum absolute atomic E-state index is 13.6. The number of phenols is 1. The van der Waals surface area contributed by atoms with Crippen LogP contribution in [-0.2, 0) is 14.3 Å². The molecule has 0 bridgehead atoms. The van der Waals surface area contributed by atoms with E-state index in [1.807, 2.05) is 0 Å². The Morgan fingerprint density at radius 3 is 2.38 bits per heavy atom. The van der Waals surface area contributed by atoms with Gasteiger partial charge < -0.3 is 20.5 Å². The number of carbonyl (C=O) groups excluding carboxylic acids is 3. The van der Waals surface area contributed by atoms with E-state index in [2.05, 4.69) is 23.6 Å². The van der Waals surface area contributed by atoms with Crippen molar-refractivity contribution < 1.29 is 24.2 Å². The summed E-state index contributed by atoms with van der Waals surface area (Å²) < 4.78 is 5.29. The highest BCUT2D eigenvalue weighted by Crippen LogP contribution is 2.32. The number of hydrogen-bond acceptors (Lipinski definition) is 5. The first-order valence-corrected chi connectivity index (χ1v) is 11.7. The molecule has 8 heteroatoms. The normalized spacial score (nSPS) is 12.9. The van der Waals surface area contributed by atoms with Crippen molar-refractivity contribution in [1.29, 1.82) is 0 Å². The van der Waals surface area contributed by atoms with Gasteiger partial charge in [0, 0.05) is 18.2 Å². The molecule has 0 aliphatic carbocycles. The van der Waals surface area contributed by atoms with E-state index in [0.29, 0.717) is 12.1 Å². The molecule has 1 rings (SSSR count). The molecule has 3 amide bonds. The number of nitrogens with zero attached hydrogens (tertiary/aromatic N) is 1. The lowest BCUT2D eigenvalue weighted by molar-refractivity contribution is -0.139. The number of alkyl carbamates (subject to hydrolysis) is 1. The van der Waals surface area contributed by atoms with Crippen molar-refractivity contribution in [3.05, 3.63) is 29.3 Å². The molecule has 0 fully saturated rings. The first-order valence-electron chi connectivity index (χ1n) is 11.7. The maximum atomic E-state index is 13.6. The number of aryl methyl sites for hydroxylation is 1. The second kappa shape index (κ2) is 12.9. The van der Waals surface area contributed by atoms with Gasteiger partial charge in [0.05, 0.1) is 0 Å². The number of hydrogen-bond donors (Lipinski definition) is 3. The summed E-state index contributed by atoms with van der Waals surface area (Å²) >= 11 is 0. The van der Waals surface area contributed by atoms with Crippen molar-refractivity contribution in [3.8, 4) is 18.2 Å². The van der Waals surface area contributed by atoms with E-state index in [1.165, 1.54) is 0 Å². The predicted molar refractivity (Wildman–Crippen MR) is 132 cm³/mol. The Morgan fingerprint density at radius 2 is 1.85 bits per heavy atom.